The van der Waals surface area contributed by atoms with E-state index in [2.05, 4.69) is 16.3 Å². The maximum absolute atomic E-state index is 12.7. The molecular formula is C22H19ClN2O3S. The standard InChI is InChI=1S/C22H19ClN2O3S/c1-28-22(27)20-17(14-6-8-16(23)9-7-14)13-29-21(20)24-19(26)12-25-11-10-15-4-2-3-5-18(15)25/h2-9,13H,10-12H2,1H3,(H,24,26). The van der Waals surface area contributed by atoms with Crippen molar-refractivity contribution in [2.45, 2.75) is 6.42 Å². The third-order valence-electron chi connectivity index (χ3n) is 4.91. The summed E-state index contributed by atoms with van der Waals surface area (Å²) in [7, 11) is 1.33. The van der Waals surface area contributed by atoms with Crippen molar-refractivity contribution in [3.05, 3.63) is 70.1 Å². The zero-order chi connectivity index (χ0) is 20.4. The zero-order valence-electron chi connectivity index (χ0n) is 15.8. The minimum Gasteiger partial charge on any atom is -0.465 e. The number of nitrogens with zero attached hydrogens (tertiary/aromatic N) is 1. The van der Waals surface area contributed by atoms with Gasteiger partial charge in [-0.1, -0.05) is 41.9 Å². The quantitative estimate of drug-likeness (QED) is 0.592. The van der Waals surface area contributed by atoms with Crippen LogP contribution in [0.3, 0.4) is 0 Å². The molecule has 0 unspecified atom stereocenters. The van der Waals surface area contributed by atoms with Gasteiger partial charge in [0.05, 0.1) is 13.7 Å². The summed E-state index contributed by atoms with van der Waals surface area (Å²) < 4.78 is 4.96. The van der Waals surface area contributed by atoms with Crippen LogP contribution in [0.4, 0.5) is 10.7 Å². The molecule has 1 N–H and O–H groups in total. The van der Waals surface area contributed by atoms with Gasteiger partial charge in [-0.25, -0.2) is 4.79 Å². The smallest absolute Gasteiger partial charge is 0.341 e. The van der Waals surface area contributed by atoms with Crippen molar-refractivity contribution in [1.29, 1.82) is 0 Å². The van der Waals surface area contributed by atoms with Gasteiger partial charge in [-0.3, -0.25) is 4.79 Å². The third-order valence-corrected chi connectivity index (χ3v) is 6.05. The average Bonchev–Trinajstić information content (AvgIpc) is 3.32. The molecule has 1 amide bonds. The monoisotopic (exact) mass is 426 g/mol. The summed E-state index contributed by atoms with van der Waals surface area (Å²) in [4.78, 5) is 27.2. The lowest BCUT2D eigenvalue weighted by Crippen LogP contribution is -2.32. The lowest BCUT2D eigenvalue weighted by molar-refractivity contribution is -0.114. The fourth-order valence-electron chi connectivity index (χ4n) is 3.51. The molecule has 1 aromatic heterocycles. The minimum absolute atomic E-state index is 0.170. The van der Waals surface area contributed by atoms with Crippen LogP contribution in [0.1, 0.15) is 15.9 Å². The Hall–Kier alpha value is -2.83. The van der Waals surface area contributed by atoms with Crippen LogP contribution in [0, 0.1) is 0 Å². The van der Waals surface area contributed by atoms with E-state index in [1.54, 1.807) is 12.1 Å². The Morgan fingerprint density at radius 2 is 1.93 bits per heavy atom. The molecule has 2 aromatic carbocycles. The summed E-state index contributed by atoms with van der Waals surface area (Å²) in [6, 6.07) is 15.3. The Balaban J connectivity index is 1.56. The molecule has 1 aliphatic heterocycles. The number of benzene rings is 2. The fraction of sp³-hybridized carbons (Fsp3) is 0.182. The van der Waals surface area contributed by atoms with E-state index in [4.69, 9.17) is 16.3 Å². The Labute approximate surface area is 177 Å². The first-order valence-electron chi connectivity index (χ1n) is 9.15. The molecule has 0 atom stereocenters. The van der Waals surface area contributed by atoms with Crippen LogP contribution in [-0.2, 0) is 16.0 Å². The van der Waals surface area contributed by atoms with Crippen molar-refractivity contribution in [3.8, 4) is 11.1 Å². The molecule has 3 aromatic rings. The first kappa shape index (κ1) is 19.5. The number of rotatable bonds is 5. The van der Waals surface area contributed by atoms with Crippen LogP contribution in [-0.4, -0.2) is 32.1 Å². The predicted octanol–water partition coefficient (Wildman–Crippen LogP) is 4.86. The van der Waals surface area contributed by atoms with Gasteiger partial charge >= 0.3 is 5.97 Å². The number of methoxy groups -OCH3 is 1. The topological polar surface area (TPSA) is 58.6 Å². The van der Waals surface area contributed by atoms with Gasteiger partial charge in [0.1, 0.15) is 10.6 Å². The van der Waals surface area contributed by atoms with Crippen LogP contribution < -0.4 is 10.2 Å². The number of carbonyl (C=O) groups is 2. The van der Waals surface area contributed by atoms with Gasteiger partial charge in [-0.2, -0.15) is 0 Å². The van der Waals surface area contributed by atoms with E-state index in [0.717, 1.165) is 24.2 Å². The van der Waals surface area contributed by atoms with Crippen molar-refractivity contribution in [1.82, 2.24) is 0 Å². The number of ether oxygens (including phenoxy) is 1. The van der Waals surface area contributed by atoms with Crippen LogP contribution in [0.5, 0.6) is 0 Å². The second kappa shape index (κ2) is 8.27. The Kier molecular flexibility index (Phi) is 5.56. The van der Waals surface area contributed by atoms with Crippen molar-refractivity contribution in [2.75, 3.05) is 30.4 Å². The molecule has 5 nitrogen and oxygen atoms in total. The number of esters is 1. The van der Waals surface area contributed by atoms with Crippen molar-refractivity contribution >= 4 is 45.5 Å². The van der Waals surface area contributed by atoms with Crippen molar-refractivity contribution < 1.29 is 14.3 Å². The molecule has 4 rings (SSSR count). The highest BCUT2D eigenvalue weighted by Gasteiger charge is 2.24. The molecule has 148 valence electrons. The van der Waals surface area contributed by atoms with Crippen LogP contribution in [0.25, 0.3) is 11.1 Å². The number of carbonyl (C=O) groups excluding carboxylic acids is 2. The molecule has 0 radical (unpaired) electrons. The van der Waals surface area contributed by atoms with E-state index in [9.17, 15) is 9.59 Å². The third kappa shape index (κ3) is 3.99. The predicted molar refractivity (Wildman–Crippen MR) is 117 cm³/mol. The molecule has 1 aliphatic rings. The van der Waals surface area contributed by atoms with Gasteiger partial charge in [0.2, 0.25) is 5.91 Å². The van der Waals surface area contributed by atoms with E-state index < -0.39 is 5.97 Å². The number of halogens is 1. The molecule has 0 fully saturated rings. The van der Waals surface area contributed by atoms with E-state index in [0.29, 0.717) is 21.2 Å². The lowest BCUT2D eigenvalue weighted by Gasteiger charge is -2.18. The van der Waals surface area contributed by atoms with Gasteiger partial charge in [0.25, 0.3) is 0 Å². The summed E-state index contributed by atoms with van der Waals surface area (Å²) in [5, 5.41) is 5.84. The SMILES string of the molecule is COC(=O)c1c(-c2ccc(Cl)cc2)csc1NC(=O)CN1CCc2ccccc21. The number of hydrogen-bond acceptors (Lipinski definition) is 5. The number of thiophene rings is 1. The van der Waals surface area contributed by atoms with Gasteiger partial charge < -0.3 is 15.0 Å². The van der Waals surface area contributed by atoms with Gasteiger partial charge in [-0.15, -0.1) is 11.3 Å². The number of fused-ring (bicyclic) bond motifs is 1. The van der Waals surface area contributed by atoms with Crippen LogP contribution >= 0.6 is 22.9 Å². The Bertz CT molecular complexity index is 1060. The second-order valence-corrected chi connectivity index (χ2v) is 8.02. The summed E-state index contributed by atoms with van der Waals surface area (Å²) in [6.07, 6.45) is 0.927. The van der Waals surface area contributed by atoms with E-state index in [1.165, 1.54) is 24.0 Å². The molecule has 0 aliphatic carbocycles. The maximum Gasteiger partial charge on any atom is 0.341 e. The number of hydrogen-bond donors (Lipinski definition) is 1. The zero-order valence-corrected chi connectivity index (χ0v) is 17.3. The molecule has 0 bridgehead atoms. The highest BCUT2D eigenvalue weighted by Crippen LogP contribution is 2.36. The van der Waals surface area contributed by atoms with Crippen LogP contribution in [0.2, 0.25) is 5.02 Å². The second-order valence-electron chi connectivity index (χ2n) is 6.70. The molecule has 7 heteroatoms. The number of nitrogens with one attached hydrogen (secondary N) is 1. The fourth-order valence-corrected chi connectivity index (χ4v) is 4.61. The first-order chi connectivity index (χ1) is 14.1. The Morgan fingerprint density at radius 3 is 2.69 bits per heavy atom. The Morgan fingerprint density at radius 1 is 1.17 bits per heavy atom. The largest absolute Gasteiger partial charge is 0.465 e. The molecule has 29 heavy (non-hydrogen) atoms. The van der Waals surface area contributed by atoms with Crippen molar-refractivity contribution in [2.24, 2.45) is 0 Å². The highest BCUT2D eigenvalue weighted by atomic mass is 35.5. The van der Waals surface area contributed by atoms with Gasteiger partial charge in [-0.05, 0) is 35.7 Å². The summed E-state index contributed by atoms with van der Waals surface area (Å²) >= 11 is 7.28. The number of para-hydroxylation sites is 1. The molecule has 0 saturated heterocycles. The van der Waals surface area contributed by atoms with E-state index >= 15 is 0 Å². The molecule has 0 saturated carbocycles. The van der Waals surface area contributed by atoms with Crippen LogP contribution in [0.15, 0.2) is 53.9 Å². The molecule has 0 spiro atoms. The number of anilines is 2. The lowest BCUT2D eigenvalue weighted by atomic mass is 10.0. The first-order valence-corrected chi connectivity index (χ1v) is 10.4. The number of amides is 1. The minimum atomic E-state index is -0.488. The highest BCUT2D eigenvalue weighted by molar-refractivity contribution is 7.15. The summed E-state index contributed by atoms with van der Waals surface area (Å²) in [5.41, 5.74) is 4.23. The normalized spacial score (nSPS) is 12.6. The van der Waals surface area contributed by atoms with E-state index in [-0.39, 0.29) is 12.5 Å². The van der Waals surface area contributed by atoms with Gasteiger partial charge in [0.15, 0.2) is 0 Å². The summed E-state index contributed by atoms with van der Waals surface area (Å²) in [6.45, 7) is 1.03. The summed E-state index contributed by atoms with van der Waals surface area (Å²) in [5.74, 6) is -0.658. The van der Waals surface area contributed by atoms with E-state index in [1.807, 2.05) is 35.7 Å². The van der Waals surface area contributed by atoms with Crippen molar-refractivity contribution in [3.63, 3.8) is 0 Å². The average molecular weight is 427 g/mol. The molecular weight excluding hydrogens is 408 g/mol. The maximum atomic E-state index is 12.7. The van der Waals surface area contributed by atoms with Gasteiger partial charge in [0, 0.05) is 28.2 Å². The molecule has 2 heterocycles.